The molecule has 0 unspecified atom stereocenters. The highest BCUT2D eigenvalue weighted by molar-refractivity contribution is 5.66. The van der Waals surface area contributed by atoms with Crippen LogP contribution >= 0.6 is 0 Å². The van der Waals surface area contributed by atoms with Crippen molar-refractivity contribution in [3.05, 3.63) is 5.82 Å². The van der Waals surface area contributed by atoms with Gasteiger partial charge >= 0.3 is 5.97 Å². The SMILES string of the molecule is CCCOCc1nnnn1CCC(=O)O. The second-order valence-corrected chi connectivity index (χ2v) is 3.01. The number of aliphatic carboxylic acids is 1. The van der Waals surface area contributed by atoms with Crippen LogP contribution in [0.4, 0.5) is 0 Å². The highest BCUT2D eigenvalue weighted by Crippen LogP contribution is 1.97. The number of tetrazole rings is 1. The van der Waals surface area contributed by atoms with Gasteiger partial charge in [0.1, 0.15) is 6.61 Å². The quantitative estimate of drug-likeness (QED) is 0.646. The molecule has 0 aliphatic carbocycles. The molecule has 0 aliphatic rings. The van der Waals surface area contributed by atoms with Crippen molar-refractivity contribution in [2.24, 2.45) is 0 Å². The second-order valence-electron chi connectivity index (χ2n) is 3.01. The van der Waals surface area contributed by atoms with E-state index in [9.17, 15) is 4.79 Å². The smallest absolute Gasteiger partial charge is 0.305 e. The van der Waals surface area contributed by atoms with Crippen molar-refractivity contribution in [3.63, 3.8) is 0 Å². The molecule has 0 spiro atoms. The Morgan fingerprint density at radius 1 is 1.60 bits per heavy atom. The number of aromatic nitrogens is 4. The summed E-state index contributed by atoms with van der Waals surface area (Å²) in [6.07, 6.45) is 0.933. The summed E-state index contributed by atoms with van der Waals surface area (Å²) in [4.78, 5) is 10.4. The van der Waals surface area contributed by atoms with E-state index in [2.05, 4.69) is 15.5 Å². The van der Waals surface area contributed by atoms with E-state index in [0.29, 0.717) is 19.0 Å². The van der Waals surface area contributed by atoms with Crippen LogP contribution in [0.15, 0.2) is 0 Å². The van der Waals surface area contributed by atoms with Crippen LogP contribution < -0.4 is 0 Å². The minimum Gasteiger partial charge on any atom is -0.481 e. The van der Waals surface area contributed by atoms with E-state index in [1.165, 1.54) is 4.68 Å². The lowest BCUT2D eigenvalue weighted by atomic mass is 10.4. The van der Waals surface area contributed by atoms with E-state index in [1.807, 2.05) is 6.92 Å². The lowest BCUT2D eigenvalue weighted by Crippen LogP contribution is -2.11. The third-order valence-corrected chi connectivity index (χ3v) is 1.72. The first kappa shape index (κ1) is 11.6. The van der Waals surface area contributed by atoms with Gasteiger partial charge in [0.15, 0.2) is 5.82 Å². The average molecular weight is 214 g/mol. The van der Waals surface area contributed by atoms with E-state index >= 15 is 0 Å². The fourth-order valence-corrected chi connectivity index (χ4v) is 1.01. The van der Waals surface area contributed by atoms with Crippen molar-refractivity contribution in [1.82, 2.24) is 20.2 Å². The highest BCUT2D eigenvalue weighted by atomic mass is 16.5. The van der Waals surface area contributed by atoms with Crippen molar-refractivity contribution in [2.75, 3.05) is 6.61 Å². The summed E-state index contributed by atoms with van der Waals surface area (Å²) < 4.78 is 6.71. The Labute approximate surface area is 87.0 Å². The Balaban J connectivity index is 2.42. The monoisotopic (exact) mass is 214 g/mol. The molecule has 0 bridgehead atoms. The van der Waals surface area contributed by atoms with Crippen LogP contribution in [0.3, 0.4) is 0 Å². The lowest BCUT2D eigenvalue weighted by molar-refractivity contribution is -0.137. The number of carboxylic acid groups (broad SMARTS) is 1. The van der Waals surface area contributed by atoms with Gasteiger partial charge in [-0.3, -0.25) is 4.79 Å². The van der Waals surface area contributed by atoms with Crippen LogP contribution in [0.1, 0.15) is 25.6 Å². The summed E-state index contributed by atoms with van der Waals surface area (Å²) in [5.41, 5.74) is 0. The number of aryl methyl sites for hydroxylation is 1. The average Bonchev–Trinajstić information content (AvgIpc) is 2.63. The molecule has 0 fully saturated rings. The molecule has 0 saturated heterocycles. The molecule has 7 nitrogen and oxygen atoms in total. The molecule has 7 heteroatoms. The highest BCUT2D eigenvalue weighted by Gasteiger charge is 2.07. The topological polar surface area (TPSA) is 90.1 Å². The molecule has 0 aliphatic heterocycles. The van der Waals surface area contributed by atoms with Gasteiger partial charge in [-0.05, 0) is 16.8 Å². The van der Waals surface area contributed by atoms with Crippen LogP contribution in [0.25, 0.3) is 0 Å². The number of carboxylic acids is 1. The Bertz CT molecular complexity index is 313. The van der Waals surface area contributed by atoms with Crippen molar-refractivity contribution in [3.8, 4) is 0 Å². The maximum absolute atomic E-state index is 10.4. The summed E-state index contributed by atoms with van der Waals surface area (Å²) in [6, 6.07) is 0. The fourth-order valence-electron chi connectivity index (χ4n) is 1.01. The van der Waals surface area contributed by atoms with Gasteiger partial charge in [0.05, 0.1) is 13.0 Å². The zero-order valence-corrected chi connectivity index (χ0v) is 8.59. The maximum Gasteiger partial charge on any atom is 0.305 e. The number of rotatable bonds is 7. The molecule has 0 amide bonds. The number of nitrogens with zero attached hydrogens (tertiary/aromatic N) is 4. The summed E-state index contributed by atoms with van der Waals surface area (Å²) in [7, 11) is 0. The molecule has 0 radical (unpaired) electrons. The van der Waals surface area contributed by atoms with Crippen LogP contribution in [0, 0.1) is 0 Å². The molecule has 0 atom stereocenters. The molecular weight excluding hydrogens is 200 g/mol. The van der Waals surface area contributed by atoms with E-state index < -0.39 is 5.97 Å². The summed E-state index contributed by atoms with van der Waals surface area (Å²) in [6.45, 7) is 3.24. The Morgan fingerprint density at radius 3 is 3.07 bits per heavy atom. The molecule has 0 aromatic carbocycles. The minimum absolute atomic E-state index is 0.00577. The largest absolute Gasteiger partial charge is 0.481 e. The molecule has 1 aromatic rings. The molecule has 1 N–H and O–H groups in total. The summed E-state index contributed by atoms with van der Waals surface area (Å²) in [5.74, 6) is -0.310. The Morgan fingerprint density at radius 2 is 2.40 bits per heavy atom. The lowest BCUT2D eigenvalue weighted by Gasteiger charge is -2.03. The van der Waals surface area contributed by atoms with Crippen molar-refractivity contribution in [2.45, 2.75) is 32.9 Å². The first-order chi connectivity index (χ1) is 7.24. The van der Waals surface area contributed by atoms with Gasteiger partial charge in [-0.25, -0.2) is 4.68 Å². The van der Waals surface area contributed by atoms with Gasteiger partial charge in [0.2, 0.25) is 0 Å². The minimum atomic E-state index is -0.870. The molecule has 1 aromatic heterocycles. The fraction of sp³-hybridized carbons (Fsp3) is 0.750. The third-order valence-electron chi connectivity index (χ3n) is 1.72. The predicted molar refractivity (Wildman–Crippen MR) is 50.0 cm³/mol. The predicted octanol–water partition coefficient (Wildman–Crippen LogP) is 0.0744. The first-order valence-corrected chi connectivity index (χ1v) is 4.78. The van der Waals surface area contributed by atoms with E-state index in [4.69, 9.17) is 9.84 Å². The molecule has 1 rings (SSSR count). The number of hydrogen-bond acceptors (Lipinski definition) is 5. The van der Waals surface area contributed by atoms with Crippen molar-refractivity contribution in [1.29, 1.82) is 0 Å². The maximum atomic E-state index is 10.4. The van der Waals surface area contributed by atoms with Crippen molar-refractivity contribution >= 4 is 5.97 Å². The van der Waals surface area contributed by atoms with Gasteiger partial charge in [-0.15, -0.1) is 5.10 Å². The normalized spacial score (nSPS) is 10.5. The Kier molecular flexibility index (Phi) is 4.69. The number of hydrogen-bond donors (Lipinski definition) is 1. The summed E-state index contributed by atoms with van der Waals surface area (Å²) >= 11 is 0. The summed E-state index contributed by atoms with van der Waals surface area (Å²) in [5, 5.41) is 19.4. The zero-order chi connectivity index (χ0) is 11.1. The second kappa shape index (κ2) is 6.07. The third kappa shape index (κ3) is 4.03. The van der Waals surface area contributed by atoms with Gasteiger partial charge in [-0.2, -0.15) is 0 Å². The van der Waals surface area contributed by atoms with E-state index in [1.54, 1.807) is 0 Å². The van der Waals surface area contributed by atoms with Crippen LogP contribution in [-0.2, 0) is 22.7 Å². The van der Waals surface area contributed by atoms with Gasteiger partial charge in [-0.1, -0.05) is 6.92 Å². The molecule has 15 heavy (non-hydrogen) atoms. The van der Waals surface area contributed by atoms with E-state index in [-0.39, 0.29) is 13.0 Å². The first-order valence-electron chi connectivity index (χ1n) is 4.78. The van der Waals surface area contributed by atoms with Gasteiger partial charge in [0, 0.05) is 6.61 Å². The van der Waals surface area contributed by atoms with Crippen LogP contribution in [0.5, 0.6) is 0 Å². The standard InChI is InChI=1S/C8H14N4O3/c1-2-5-15-6-7-9-10-11-12(7)4-3-8(13)14/h2-6H2,1H3,(H,13,14). The number of ether oxygens (including phenoxy) is 1. The van der Waals surface area contributed by atoms with Crippen LogP contribution in [-0.4, -0.2) is 37.9 Å². The van der Waals surface area contributed by atoms with Gasteiger partial charge in [0.25, 0.3) is 0 Å². The van der Waals surface area contributed by atoms with Gasteiger partial charge < -0.3 is 9.84 Å². The molecule has 0 saturated carbocycles. The van der Waals surface area contributed by atoms with E-state index in [0.717, 1.165) is 6.42 Å². The van der Waals surface area contributed by atoms with Crippen LogP contribution in [0.2, 0.25) is 0 Å². The Hall–Kier alpha value is -1.50. The molecular formula is C8H14N4O3. The zero-order valence-electron chi connectivity index (χ0n) is 8.59. The molecule has 1 heterocycles. The van der Waals surface area contributed by atoms with Crippen molar-refractivity contribution < 1.29 is 14.6 Å². The molecule has 84 valence electrons. The number of carbonyl (C=O) groups is 1.